The van der Waals surface area contributed by atoms with E-state index in [1.165, 1.54) is 5.57 Å². The third-order valence-electron chi connectivity index (χ3n) is 6.93. The number of alkyl halides is 1. The molecule has 3 aliphatic rings. The Balaban J connectivity index is 1.09. The number of amides is 1. The van der Waals surface area contributed by atoms with Gasteiger partial charge in [-0.25, -0.2) is 9.37 Å². The number of carbonyl (C=O) groups excluding carboxylic acids is 1. The first-order valence-corrected chi connectivity index (χ1v) is 11.9. The summed E-state index contributed by atoms with van der Waals surface area (Å²) in [6.45, 7) is 2.47. The first-order valence-electron chi connectivity index (χ1n) is 11.9. The van der Waals surface area contributed by atoms with Crippen LogP contribution in [-0.2, 0) is 11.3 Å². The molecule has 2 fully saturated rings. The van der Waals surface area contributed by atoms with Gasteiger partial charge in [0.15, 0.2) is 0 Å². The quantitative estimate of drug-likeness (QED) is 0.586. The second kappa shape index (κ2) is 8.43. The van der Waals surface area contributed by atoms with Crippen LogP contribution in [0.25, 0.3) is 16.6 Å². The van der Waals surface area contributed by atoms with E-state index in [1.807, 2.05) is 24.4 Å². The highest BCUT2D eigenvalue weighted by Gasteiger charge is 2.43. The number of pyridine rings is 3. The van der Waals surface area contributed by atoms with Crippen LogP contribution in [0.3, 0.4) is 0 Å². The molecule has 0 bridgehead atoms. The Bertz CT molecular complexity index is 1350. The van der Waals surface area contributed by atoms with Crippen molar-refractivity contribution < 1.29 is 9.18 Å². The minimum Gasteiger partial charge on any atom is -0.320 e. The predicted molar refractivity (Wildman–Crippen MR) is 128 cm³/mol. The number of anilines is 1. The smallest absolute Gasteiger partial charge is 0.252 e. The number of aromatic nitrogens is 3. The highest BCUT2D eigenvalue weighted by Crippen LogP contribution is 2.38. The molecular formula is C26H26FN5O2. The van der Waals surface area contributed by atoms with Crippen LogP contribution in [0.15, 0.2) is 47.5 Å². The summed E-state index contributed by atoms with van der Waals surface area (Å²) in [7, 11) is 0. The van der Waals surface area contributed by atoms with Crippen molar-refractivity contribution in [2.24, 2.45) is 5.92 Å². The fourth-order valence-corrected chi connectivity index (χ4v) is 4.61. The van der Waals surface area contributed by atoms with Gasteiger partial charge in [-0.1, -0.05) is 6.08 Å². The molecule has 2 saturated carbocycles. The van der Waals surface area contributed by atoms with E-state index in [1.54, 1.807) is 12.3 Å². The maximum atomic E-state index is 13.0. The van der Waals surface area contributed by atoms with E-state index in [2.05, 4.69) is 31.2 Å². The van der Waals surface area contributed by atoms with Gasteiger partial charge in [0.25, 0.3) is 5.56 Å². The number of fused-ring (bicyclic) bond motifs is 1. The largest absolute Gasteiger partial charge is 0.320 e. The zero-order valence-electron chi connectivity index (χ0n) is 18.8. The lowest BCUT2D eigenvalue weighted by molar-refractivity contribution is -0.117. The van der Waals surface area contributed by atoms with Gasteiger partial charge in [-0.2, -0.15) is 0 Å². The molecular weight excluding hydrogens is 433 g/mol. The average molecular weight is 460 g/mol. The molecule has 3 aromatic rings. The van der Waals surface area contributed by atoms with Crippen molar-refractivity contribution in [3.63, 3.8) is 0 Å². The summed E-state index contributed by atoms with van der Waals surface area (Å²) in [6.07, 6.45) is 8.24. The fraction of sp³-hybridized carbons (Fsp3) is 0.385. The standard InChI is InChI=1S/C26H26FN5O2/c27-21-10-20(21)26(34)31-24-4-3-18(13-29-24)16-5-7-32(8-6-16)14-15-9-23-22(28-12-15)11-19(17-1-2-17)25(33)30-23/h3-5,9,11-13,17,20-21H,1-2,6-8,10,14H2,(H,30,33)(H,29,31,34). The van der Waals surface area contributed by atoms with E-state index in [0.717, 1.165) is 66.6 Å². The Morgan fingerprint density at radius 1 is 1.21 bits per heavy atom. The van der Waals surface area contributed by atoms with Crippen molar-refractivity contribution in [2.45, 2.75) is 44.3 Å². The summed E-state index contributed by atoms with van der Waals surface area (Å²) < 4.78 is 13.0. The van der Waals surface area contributed by atoms with Gasteiger partial charge in [0.1, 0.15) is 12.0 Å². The van der Waals surface area contributed by atoms with Gasteiger partial charge in [0.05, 0.1) is 17.0 Å². The Morgan fingerprint density at radius 3 is 2.74 bits per heavy atom. The van der Waals surface area contributed by atoms with E-state index < -0.39 is 12.1 Å². The minimum absolute atomic E-state index is 0.0119. The number of halogens is 1. The SMILES string of the molecule is O=C(Nc1ccc(C2=CCN(Cc3cnc4cc(C5CC5)c(=O)[nH]c4c3)CC2)cn1)C1CC1F. The summed E-state index contributed by atoms with van der Waals surface area (Å²) in [5.74, 6) is 0.0422. The van der Waals surface area contributed by atoms with Crippen LogP contribution in [0.4, 0.5) is 10.2 Å². The molecule has 2 unspecified atom stereocenters. The summed E-state index contributed by atoms with van der Waals surface area (Å²) in [5, 5.41) is 2.68. The average Bonchev–Trinajstić information content (AvgIpc) is 3.77. The number of H-pyrrole nitrogens is 1. The monoisotopic (exact) mass is 459 g/mol. The lowest BCUT2D eigenvalue weighted by Gasteiger charge is -2.26. The van der Waals surface area contributed by atoms with Crippen LogP contribution in [0.5, 0.6) is 0 Å². The summed E-state index contributed by atoms with van der Waals surface area (Å²) in [4.78, 5) is 38.5. The van der Waals surface area contributed by atoms with E-state index in [0.29, 0.717) is 18.2 Å². The molecule has 1 amide bonds. The molecule has 0 aromatic carbocycles. The van der Waals surface area contributed by atoms with Crippen LogP contribution in [0.2, 0.25) is 0 Å². The number of nitrogens with one attached hydrogen (secondary N) is 2. The molecule has 0 spiro atoms. The third-order valence-corrected chi connectivity index (χ3v) is 6.93. The topological polar surface area (TPSA) is 91.0 Å². The van der Waals surface area contributed by atoms with E-state index in [-0.39, 0.29) is 11.5 Å². The zero-order chi connectivity index (χ0) is 23.2. The molecule has 174 valence electrons. The maximum absolute atomic E-state index is 13.0. The molecule has 34 heavy (non-hydrogen) atoms. The zero-order valence-corrected chi connectivity index (χ0v) is 18.8. The molecule has 1 aliphatic heterocycles. The second-order valence-electron chi connectivity index (χ2n) is 9.60. The van der Waals surface area contributed by atoms with Crippen molar-refractivity contribution in [2.75, 3.05) is 18.4 Å². The van der Waals surface area contributed by atoms with Crippen molar-refractivity contribution in [1.29, 1.82) is 0 Å². The van der Waals surface area contributed by atoms with Crippen LogP contribution >= 0.6 is 0 Å². The number of rotatable bonds is 6. The van der Waals surface area contributed by atoms with Gasteiger partial charge < -0.3 is 10.3 Å². The molecule has 2 aliphatic carbocycles. The van der Waals surface area contributed by atoms with Crippen molar-refractivity contribution >= 4 is 28.3 Å². The van der Waals surface area contributed by atoms with E-state index >= 15 is 0 Å². The summed E-state index contributed by atoms with van der Waals surface area (Å²) in [6, 6.07) is 7.69. The Morgan fingerprint density at radius 2 is 2.06 bits per heavy atom. The van der Waals surface area contributed by atoms with Crippen molar-refractivity contribution in [1.82, 2.24) is 19.9 Å². The Hall–Kier alpha value is -3.39. The molecule has 2 atom stereocenters. The fourth-order valence-electron chi connectivity index (χ4n) is 4.61. The van der Waals surface area contributed by atoms with Crippen LogP contribution in [0.1, 0.15) is 48.3 Å². The molecule has 3 aromatic heterocycles. The van der Waals surface area contributed by atoms with Crippen LogP contribution in [-0.4, -0.2) is 45.0 Å². The number of hydrogen-bond acceptors (Lipinski definition) is 5. The molecule has 4 heterocycles. The second-order valence-corrected chi connectivity index (χ2v) is 9.60. The van der Waals surface area contributed by atoms with Gasteiger partial charge in [-0.3, -0.25) is 19.5 Å². The molecule has 7 nitrogen and oxygen atoms in total. The highest BCUT2D eigenvalue weighted by molar-refractivity contribution is 5.94. The van der Waals surface area contributed by atoms with Crippen molar-refractivity contribution in [3.05, 3.63) is 69.8 Å². The minimum atomic E-state index is -1.01. The lowest BCUT2D eigenvalue weighted by Crippen LogP contribution is -2.28. The molecule has 6 rings (SSSR count). The predicted octanol–water partition coefficient (Wildman–Crippen LogP) is 3.78. The summed E-state index contributed by atoms with van der Waals surface area (Å²) in [5.41, 5.74) is 5.85. The Labute approximate surface area is 196 Å². The van der Waals surface area contributed by atoms with Gasteiger partial charge in [0.2, 0.25) is 5.91 Å². The van der Waals surface area contributed by atoms with Gasteiger partial charge in [-0.05, 0) is 72.6 Å². The molecule has 8 heteroatoms. The number of nitrogens with zero attached hydrogens (tertiary/aromatic N) is 3. The van der Waals surface area contributed by atoms with Crippen molar-refractivity contribution in [3.8, 4) is 0 Å². The third kappa shape index (κ3) is 4.37. The first-order chi connectivity index (χ1) is 16.5. The van der Waals surface area contributed by atoms with E-state index in [4.69, 9.17) is 0 Å². The van der Waals surface area contributed by atoms with Gasteiger partial charge >= 0.3 is 0 Å². The van der Waals surface area contributed by atoms with Gasteiger partial charge in [0, 0.05) is 37.6 Å². The lowest BCUT2D eigenvalue weighted by atomic mass is 10.0. The molecule has 2 N–H and O–H groups in total. The normalized spacial score (nSPS) is 22.4. The first kappa shape index (κ1) is 21.2. The number of aromatic amines is 1. The van der Waals surface area contributed by atoms with Crippen LogP contribution < -0.4 is 10.9 Å². The number of carbonyl (C=O) groups is 1. The van der Waals surface area contributed by atoms with Crippen LogP contribution in [0, 0.1) is 5.92 Å². The summed E-state index contributed by atoms with van der Waals surface area (Å²) >= 11 is 0. The maximum Gasteiger partial charge on any atom is 0.252 e. The van der Waals surface area contributed by atoms with E-state index in [9.17, 15) is 14.0 Å². The molecule has 0 saturated heterocycles. The Kier molecular flexibility index (Phi) is 5.25. The number of hydrogen-bond donors (Lipinski definition) is 2. The molecule has 0 radical (unpaired) electrons. The highest BCUT2D eigenvalue weighted by atomic mass is 19.1. The van der Waals surface area contributed by atoms with Gasteiger partial charge in [-0.15, -0.1) is 0 Å².